The fourth-order valence-electron chi connectivity index (χ4n) is 2.73. The van der Waals surface area contributed by atoms with Crippen molar-refractivity contribution in [2.75, 3.05) is 46.4 Å². The van der Waals surface area contributed by atoms with Crippen LogP contribution >= 0.6 is 0 Å². The number of piperazine rings is 1. The Labute approximate surface area is 155 Å². The lowest BCUT2D eigenvalue weighted by molar-refractivity contribution is -0.117. The summed E-state index contributed by atoms with van der Waals surface area (Å²) in [6.45, 7) is 7.53. The van der Waals surface area contributed by atoms with Crippen LogP contribution in [0.4, 0.5) is 0 Å². The number of nitrogens with zero attached hydrogens (tertiary/aromatic N) is 2. The van der Waals surface area contributed by atoms with Gasteiger partial charge in [-0.05, 0) is 24.6 Å². The molecular weight excluding hydrogens is 330 g/mol. The number of benzene rings is 1. The first-order valence-corrected chi connectivity index (χ1v) is 8.85. The van der Waals surface area contributed by atoms with Crippen molar-refractivity contribution in [3.8, 4) is 11.8 Å². The van der Waals surface area contributed by atoms with E-state index in [-0.39, 0.29) is 17.5 Å². The standard InChI is InChI=1S/C19H27N5O2/c1-15(16-3-5-18(26-2)6-4-16)23-19(25)17(13-20)14-22-9-12-24-10-7-21-8-11-24/h3-6,14-15,21-22H,7-12H2,1-2H3,(H,23,25)/b17-14-. The molecule has 7 heteroatoms. The number of ether oxygens (including phenoxy) is 1. The van der Waals surface area contributed by atoms with E-state index in [0.717, 1.165) is 44.0 Å². The van der Waals surface area contributed by atoms with E-state index in [1.807, 2.05) is 37.3 Å². The number of carbonyl (C=O) groups is 1. The Balaban J connectivity index is 1.81. The van der Waals surface area contributed by atoms with Gasteiger partial charge in [0.1, 0.15) is 17.4 Å². The first-order valence-electron chi connectivity index (χ1n) is 8.85. The van der Waals surface area contributed by atoms with E-state index < -0.39 is 0 Å². The number of hydrogen-bond donors (Lipinski definition) is 3. The van der Waals surface area contributed by atoms with Crippen LogP contribution in [0.3, 0.4) is 0 Å². The Bertz CT molecular complexity index is 645. The lowest BCUT2D eigenvalue weighted by Crippen LogP contribution is -2.45. The molecule has 2 rings (SSSR count). The largest absolute Gasteiger partial charge is 0.497 e. The summed E-state index contributed by atoms with van der Waals surface area (Å²) in [6.07, 6.45) is 1.50. The quantitative estimate of drug-likeness (QED) is 0.362. The summed E-state index contributed by atoms with van der Waals surface area (Å²) in [6, 6.07) is 9.23. The van der Waals surface area contributed by atoms with E-state index in [1.54, 1.807) is 7.11 Å². The van der Waals surface area contributed by atoms with Crippen molar-refractivity contribution >= 4 is 5.91 Å². The van der Waals surface area contributed by atoms with Gasteiger partial charge in [-0.15, -0.1) is 0 Å². The average Bonchev–Trinajstić information content (AvgIpc) is 2.68. The minimum Gasteiger partial charge on any atom is -0.497 e. The fraction of sp³-hybridized carbons (Fsp3) is 0.474. The van der Waals surface area contributed by atoms with Gasteiger partial charge in [-0.1, -0.05) is 12.1 Å². The third-order valence-electron chi connectivity index (χ3n) is 4.36. The maximum Gasteiger partial charge on any atom is 0.263 e. The van der Waals surface area contributed by atoms with Gasteiger partial charge in [0.15, 0.2) is 0 Å². The van der Waals surface area contributed by atoms with Gasteiger partial charge in [-0.25, -0.2) is 0 Å². The highest BCUT2D eigenvalue weighted by Crippen LogP contribution is 2.17. The Hall–Kier alpha value is -2.56. The zero-order valence-corrected chi connectivity index (χ0v) is 15.4. The highest BCUT2D eigenvalue weighted by atomic mass is 16.5. The highest BCUT2D eigenvalue weighted by molar-refractivity contribution is 5.97. The average molecular weight is 357 g/mol. The van der Waals surface area contributed by atoms with Crippen LogP contribution in [0.5, 0.6) is 5.75 Å². The zero-order valence-electron chi connectivity index (χ0n) is 15.4. The van der Waals surface area contributed by atoms with Crippen molar-refractivity contribution in [1.29, 1.82) is 5.26 Å². The smallest absolute Gasteiger partial charge is 0.263 e. The second-order valence-corrected chi connectivity index (χ2v) is 6.18. The molecule has 26 heavy (non-hydrogen) atoms. The molecule has 1 saturated heterocycles. The van der Waals surface area contributed by atoms with Gasteiger partial charge in [0, 0.05) is 45.5 Å². The molecule has 0 bridgehead atoms. The van der Waals surface area contributed by atoms with Crippen LogP contribution in [-0.4, -0.2) is 57.2 Å². The Morgan fingerprint density at radius 3 is 2.69 bits per heavy atom. The molecule has 0 spiro atoms. The molecule has 0 saturated carbocycles. The van der Waals surface area contributed by atoms with Crippen LogP contribution < -0.4 is 20.7 Å². The number of carbonyl (C=O) groups excluding carboxylic acids is 1. The second-order valence-electron chi connectivity index (χ2n) is 6.18. The van der Waals surface area contributed by atoms with Crippen LogP contribution in [0.2, 0.25) is 0 Å². The summed E-state index contributed by atoms with van der Waals surface area (Å²) < 4.78 is 5.13. The van der Waals surface area contributed by atoms with E-state index in [2.05, 4.69) is 20.9 Å². The lowest BCUT2D eigenvalue weighted by atomic mass is 10.1. The van der Waals surface area contributed by atoms with E-state index >= 15 is 0 Å². The van der Waals surface area contributed by atoms with E-state index in [4.69, 9.17) is 4.74 Å². The number of nitrogens with one attached hydrogen (secondary N) is 3. The number of amides is 1. The summed E-state index contributed by atoms with van der Waals surface area (Å²) in [7, 11) is 1.61. The van der Waals surface area contributed by atoms with Crippen molar-refractivity contribution in [1.82, 2.24) is 20.9 Å². The van der Waals surface area contributed by atoms with Crippen molar-refractivity contribution in [2.45, 2.75) is 13.0 Å². The van der Waals surface area contributed by atoms with Gasteiger partial charge in [-0.2, -0.15) is 5.26 Å². The molecule has 1 aliphatic rings. The maximum absolute atomic E-state index is 12.3. The van der Waals surface area contributed by atoms with Gasteiger partial charge in [0.25, 0.3) is 5.91 Å². The lowest BCUT2D eigenvalue weighted by Gasteiger charge is -2.26. The summed E-state index contributed by atoms with van der Waals surface area (Å²) in [5, 5.41) is 18.5. The molecule has 1 heterocycles. The molecule has 0 aromatic heterocycles. The van der Waals surface area contributed by atoms with Crippen molar-refractivity contribution in [3.05, 3.63) is 41.6 Å². The Morgan fingerprint density at radius 1 is 1.38 bits per heavy atom. The Morgan fingerprint density at radius 2 is 2.08 bits per heavy atom. The van der Waals surface area contributed by atoms with Gasteiger partial charge in [0.05, 0.1) is 13.2 Å². The maximum atomic E-state index is 12.3. The predicted octanol–water partition coefficient (Wildman–Crippen LogP) is 0.775. The van der Waals surface area contributed by atoms with Crippen LogP contribution in [0.1, 0.15) is 18.5 Å². The topological polar surface area (TPSA) is 89.4 Å². The van der Waals surface area contributed by atoms with E-state index in [9.17, 15) is 10.1 Å². The molecule has 1 aliphatic heterocycles. The molecule has 1 atom stereocenters. The van der Waals surface area contributed by atoms with Crippen LogP contribution in [0.15, 0.2) is 36.0 Å². The molecule has 1 aromatic rings. The number of nitriles is 1. The summed E-state index contributed by atoms with van der Waals surface area (Å²) in [4.78, 5) is 14.6. The summed E-state index contributed by atoms with van der Waals surface area (Å²) in [5.41, 5.74) is 1.02. The third kappa shape index (κ3) is 6.06. The molecule has 7 nitrogen and oxygen atoms in total. The van der Waals surface area contributed by atoms with Crippen molar-refractivity contribution in [2.24, 2.45) is 0 Å². The molecule has 1 unspecified atom stereocenters. The van der Waals surface area contributed by atoms with Crippen molar-refractivity contribution in [3.63, 3.8) is 0 Å². The molecule has 0 aliphatic carbocycles. The summed E-state index contributed by atoms with van der Waals surface area (Å²) in [5.74, 6) is 0.379. The first kappa shape index (κ1) is 19.8. The summed E-state index contributed by atoms with van der Waals surface area (Å²) >= 11 is 0. The molecule has 3 N–H and O–H groups in total. The van der Waals surface area contributed by atoms with E-state index in [1.165, 1.54) is 6.20 Å². The number of methoxy groups -OCH3 is 1. The minimum atomic E-state index is -0.384. The predicted molar refractivity (Wildman–Crippen MR) is 101 cm³/mol. The van der Waals surface area contributed by atoms with Gasteiger partial charge >= 0.3 is 0 Å². The molecule has 1 amide bonds. The minimum absolute atomic E-state index is 0.0747. The molecular formula is C19H27N5O2. The van der Waals surface area contributed by atoms with Crippen LogP contribution in [-0.2, 0) is 4.79 Å². The first-order chi connectivity index (χ1) is 12.6. The number of rotatable bonds is 8. The molecule has 0 radical (unpaired) electrons. The Kier molecular flexibility index (Phi) is 7.93. The van der Waals surface area contributed by atoms with Gasteiger partial charge in [0.2, 0.25) is 0 Å². The second kappa shape index (κ2) is 10.4. The van der Waals surface area contributed by atoms with Crippen molar-refractivity contribution < 1.29 is 9.53 Å². The normalized spacial score (nSPS) is 16.4. The van der Waals surface area contributed by atoms with Crippen LogP contribution in [0, 0.1) is 11.3 Å². The van der Waals surface area contributed by atoms with E-state index in [0.29, 0.717) is 6.54 Å². The molecule has 1 aromatic carbocycles. The van der Waals surface area contributed by atoms with Gasteiger partial charge in [-0.3, -0.25) is 9.69 Å². The highest BCUT2D eigenvalue weighted by Gasteiger charge is 2.14. The fourth-order valence-corrected chi connectivity index (χ4v) is 2.73. The van der Waals surface area contributed by atoms with Crippen LogP contribution in [0.25, 0.3) is 0 Å². The third-order valence-corrected chi connectivity index (χ3v) is 4.36. The zero-order chi connectivity index (χ0) is 18.8. The number of hydrogen-bond acceptors (Lipinski definition) is 6. The molecule has 140 valence electrons. The van der Waals surface area contributed by atoms with Gasteiger partial charge < -0.3 is 20.7 Å². The SMILES string of the molecule is COc1ccc(C(C)NC(=O)/C(C#N)=C\NCCN2CCNCC2)cc1. The molecule has 1 fully saturated rings. The monoisotopic (exact) mass is 357 g/mol.